The summed E-state index contributed by atoms with van der Waals surface area (Å²) in [6.07, 6.45) is -0.122. The minimum absolute atomic E-state index is 0.122. The summed E-state index contributed by atoms with van der Waals surface area (Å²) in [5, 5.41) is 2.40. The van der Waals surface area contributed by atoms with Crippen LogP contribution >= 0.6 is 0 Å². The second kappa shape index (κ2) is 5.14. The number of amides is 1. The molecule has 80 valence electrons. The van der Waals surface area contributed by atoms with Crippen LogP contribution in [0.15, 0.2) is 24.3 Å². The molecule has 1 amide bonds. The van der Waals surface area contributed by atoms with Gasteiger partial charge < -0.3 is 10.1 Å². The first-order valence-electron chi connectivity index (χ1n) is 4.55. The number of ether oxygens (including phenoxy) is 1. The Kier molecular flexibility index (Phi) is 3.85. The molecular weight excluding hydrogens is 194 g/mol. The Labute approximate surface area is 88.2 Å². The van der Waals surface area contributed by atoms with Crippen LogP contribution in [0.1, 0.15) is 16.8 Å². The minimum Gasteiger partial charge on any atom is -0.497 e. The van der Waals surface area contributed by atoms with Gasteiger partial charge >= 0.3 is 0 Å². The first-order valence-corrected chi connectivity index (χ1v) is 4.55. The molecule has 1 aromatic rings. The SMILES string of the molecule is CNC(=O)CC(=O)c1ccc(OC)cc1. The summed E-state index contributed by atoms with van der Waals surface area (Å²) in [5.41, 5.74) is 0.513. The molecule has 0 radical (unpaired) electrons. The van der Waals surface area contributed by atoms with Crippen molar-refractivity contribution in [3.8, 4) is 5.75 Å². The van der Waals surface area contributed by atoms with Gasteiger partial charge in [-0.2, -0.15) is 0 Å². The molecule has 0 saturated carbocycles. The molecule has 4 nitrogen and oxygen atoms in total. The van der Waals surface area contributed by atoms with Gasteiger partial charge in [-0.1, -0.05) is 0 Å². The average molecular weight is 207 g/mol. The van der Waals surface area contributed by atoms with Crippen molar-refractivity contribution in [1.82, 2.24) is 5.32 Å². The van der Waals surface area contributed by atoms with Crippen LogP contribution in [0.25, 0.3) is 0 Å². The summed E-state index contributed by atoms with van der Waals surface area (Å²) in [7, 11) is 3.06. The molecule has 0 aliphatic rings. The van der Waals surface area contributed by atoms with Crippen molar-refractivity contribution in [2.45, 2.75) is 6.42 Å². The molecule has 0 aliphatic carbocycles. The number of nitrogens with one attached hydrogen (secondary N) is 1. The van der Waals surface area contributed by atoms with Gasteiger partial charge in [-0.25, -0.2) is 0 Å². The topological polar surface area (TPSA) is 55.4 Å². The molecule has 0 aromatic heterocycles. The van der Waals surface area contributed by atoms with Crippen molar-refractivity contribution in [1.29, 1.82) is 0 Å². The maximum atomic E-state index is 11.5. The largest absolute Gasteiger partial charge is 0.497 e. The molecule has 0 unspecified atom stereocenters. The van der Waals surface area contributed by atoms with Gasteiger partial charge in [-0.15, -0.1) is 0 Å². The molecule has 1 rings (SSSR count). The summed E-state index contributed by atoms with van der Waals surface area (Å²) in [4.78, 5) is 22.5. The maximum absolute atomic E-state index is 11.5. The molecule has 0 spiro atoms. The number of benzene rings is 1. The van der Waals surface area contributed by atoms with Gasteiger partial charge in [0.2, 0.25) is 5.91 Å². The second-order valence-electron chi connectivity index (χ2n) is 3.00. The van der Waals surface area contributed by atoms with Crippen molar-refractivity contribution in [2.75, 3.05) is 14.2 Å². The molecule has 0 fully saturated rings. The Morgan fingerprint density at radius 1 is 1.27 bits per heavy atom. The Hall–Kier alpha value is -1.84. The van der Waals surface area contributed by atoms with Gasteiger partial charge in [-0.05, 0) is 24.3 Å². The Bertz CT molecular complexity index is 357. The lowest BCUT2D eigenvalue weighted by molar-refractivity contribution is -0.119. The van der Waals surface area contributed by atoms with E-state index in [1.165, 1.54) is 7.05 Å². The predicted octanol–water partition coefficient (Wildman–Crippen LogP) is 1.01. The third-order valence-corrected chi connectivity index (χ3v) is 2.01. The molecule has 0 atom stereocenters. The molecular formula is C11H13NO3. The lowest BCUT2D eigenvalue weighted by atomic mass is 10.1. The summed E-state index contributed by atoms with van der Waals surface area (Å²) < 4.78 is 4.96. The zero-order valence-corrected chi connectivity index (χ0v) is 8.74. The number of carbonyl (C=O) groups excluding carboxylic acids is 2. The number of hydrogen-bond acceptors (Lipinski definition) is 3. The van der Waals surface area contributed by atoms with Gasteiger partial charge in [0.05, 0.1) is 13.5 Å². The minimum atomic E-state index is -0.282. The molecule has 0 bridgehead atoms. The van der Waals surface area contributed by atoms with E-state index in [1.807, 2.05) is 0 Å². The number of methoxy groups -OCH3 is 1. The van der Waals surface area contributed by atoms with E-state index in [0.29, 0.717) is 11.3 Å². The van der Waals surface area contributed by atoms with E-state index >= 15 is 0 Å². The lowest BCUT2D eigenvalue weighted by Gasteiger charge is -2.02. The van der Waals surface area contributed by atoms with Gasteiger partial charge in [0, 0.05) is 12.6 Å². The first kappa shape index (κ1) is 11.2. The summed E-state index contributed by atoms with van der Waals surface area (Å²) in [6, 6.07) is 6.67. The van der Waals surface area contributed by atoms with E-state index < -0.39 is 0 Å². The number of Topliss-reactive ketones (excluding diaryl/α,β-unsaturated/α-hetero) is 1. The highest BCUT2D eigenvalue weighted by molar-refractivity contribution is 6.07. The third-order valence-electron chi connectivity index (χ3n) is 2.01. The van der Waals surface area contributed by atoms with Gasteiger partial charge in [0.25, 0.3) is 0 Å². The van der Waals surface area contributed by atoms with Crippen molar-refractivity contribution >= 4 is 11.7 Å². The standard InChI is InChI=1S/C11H13NO3/c1-12-11(14)7-10(13)8-3-5-9(15-2)6-4-8/h3-6H,7H2,1-2H3,(H,12,14). The fourth-order valence-electron chi connectivity index (χ4n) is 1.11. The normalized spacial score (nSPS) is 9.47. The van der Waals surface area contributed by atoms with Gasteiger partial charge in [0.1, 0.15) is 5.75 Å². The van der Waals surface area contributed by atoms with Crippen LogP contribution in [0.2, 0.25) is 0 Å². The van der Waals surface area contributed by atoms with Crippen LogP contribution in [0.5, 0.6) is 5.75 Å². The molecule has 0 heterocycles. The van der Waals surface area contributed by atoms with E-state index in [-0.39, 0.29) is 18.1 Å². The quantitative estimate of drug-likeness (QED) is 0.592. The molecule has 0 saturated heterocycles. The zero-order valence-electron chi connectivity index (χ0n) is 8.74. The smallest absolute Gasteiger partial charge is 0.227 e. The molecule has 1 N–H and O–H groups in total. The van der Waals surface area contributed by atoms with E-state index in [4.69, 9.17) is 4.74 Å². The molecule has 15 heavy (non-hydrogen) atoms. The molecule has 0 aliphatic heterocycles. The van der Waals surface area contributed by atoms with Crippen molar-refractivity contribution < 1.29 is 14.3 Å². The van der Waals surface area contributed by atoms with Crippen molar-refractivity contribution in [3.63, 3.8) is 0 Å². The Morgan fingerprint density at radius 3 is 2.33 bits per heavy atom. The van der Waals surface area contributed by atoms with E-state index in [2.05, 4.69) is 5.32 Å². The van der Waals surface area contributed by atoms with Gasteiger partial charge in [0.15, 0.2) is 5.78 Å². The molecule has 4 heteroatoms. The summed E-state index contributed by atoms with van der Waals surface area (Å²) >= 11 is 0. The van der Waals surface area contributed by atoms with Crippen LogP contribution < -0.4 is 10.1 Å². The van der Waals surface area contributed by atoms with Crippen LogP contribution in [0.3, 0.4) is 0 Å². The molecule has 1 aromatic carbocycles. The number of rotatable bonds is 4. The van der Waals surface area contributed by atoms with Crippen molar-refractivity contribution in [2.24, 2.45) is 0 Å². The highest BCUT2D eigenvalue weighted by Crippen LogP contribution is 2.12. The number of hydrogen-bond donors (Lipinski definition) is 1. The van der Waals surface area contributed by atoms with Crippen molar-refractivity contribution in [3.05, 3.63) is 29.8 Å². The highest BCUT2D eigenvalue weighted by Gasteiger charge is 2.10. The fourth-order valence-corrected chi connectivity index (χ4v) is 1.11. The average Bonchev–Trinajstić information content (AvgIpc) is 2.29. The van der Waals surface area contributed by atoms with Gasteiger partial charge in [-0.3, -0.25) is 9.59 Å². The summed E-state index contributed by atoms with van der Waals surface area (Å²) in [5.74, 6) is 0.208. The number of carbonyl (C=O) groups is 2. The summed E-state index contributed by atoms with van der Waals surface area (Å²) in [6.45, 7) is 0. The fraction of sp³-hybridized carbons (Fsp3) is 0.273. The van der Waals surface area contributed by atoms with E-state index in [9.17, 15) is 9.59 Å². The first-order chi connectivity index (χ1) is 7.17. The van der Waals surface area contributed by atoms with Crippen LogP contribution in [-0.2, 0) is 4.79 Å². The van der Waals surface area contributed by atoms with Crippen LogP contribution in [0, 0.1) is 0 Å². The van der Waals surface area contributed by atoms with Crippen LogP contribution in [0.4, 0.5) is 0 Å². The Morgan fingerprint density at radius 2 is 1.87 bits per heavy atom. The lowest BCUT2D eigenvalue weighted by Crippen LogP contribution is -2.21. The van der Waals surface area contributed by atoms with Crippen LogP contribution in [-0.4, -0.2) is 25.8 Å². The zero-order chi connectivity index (χ0) is 11.3. The second-order valence-corrected chi connectivity index (χ2v) is 3.00. The third kappa shape index (κ3) is 3.09. The maximum Gasteiger partial charge on any atom is 0.227 e. The number of ketones is 1. The Balaban J connectivity index is 2.70. The monoisotopic (exact) mass is 207 g/mol. The van der Waals surface area contributed by atoms with E-state index in [1.54, 1.807) is 31.4 Å². The predicted molar refractivity (Wildman–Crippen MR) is 56.0 cm³/mol. The highest BCUT2D eigenvalue weighted by atomic mass is 16.5. The van der Waals surface area contributed by atoms with E-state index in [0.717, 1.165) is 0 Å².